The molecular formula is C16H23BrN2. The standard InChI is InChI=1S/C16H23BrN2/c17-15-10-14(16(12-18)6-3-7-16)5-4-13(15)11-19-8-1-2-9-19/h4-5,10H,1-3,6-9,11-12,18H2. The fraction of sp³-hybridized carbons (Fsp3) is 0.625. The molecule has 0 radical (unpaired) electrons. The normalized spacial score (nSPS) is 22.4. The van der Waals surface area contributed by atoms with Gasteiger partial charge in [0.2, 0.25) is 0 Å². The first-order valence-electron chi connectivity index (χ1n) is 7.45. The molecule has 1 saturated carbocycles. The van der Waals surface area contributed by atoms with Crippen molar-refractivity contribution in [3.05, 3.63) is 33.8 Å². The summed E-state index contributed by atoms with van der Waals surface area (Å²) < 4.78 is 1.26. The third-order valence-electron chi connectivity index (χ3n) is 4.96. The molecule has 1 aromatic carbocycles. The number of nitrogens with two attached hydrogens (primary N) is 1. The summed E-state index contributed by atoms with van der Waals surface area (Å²) >= 11 is 3.76. The maximum Gasteiger partial charge on any atom is 0.0244 e. The van der Waals surface area contributed by atoms with E-state index >= 15 is 0 Å². The van der Waals surface area contributed by atoms with Gasteiger partial charge in [0, 0.05) is 23.0 Å². The van der Waals surface area contributed by atoms with Crippen LogP contribution in [0, 0.1) is 0 Å². The molecular weight excluding hydrogens is 300 g/mol. The van der Waals surface area contributed by atoms with E-state index in [0.29, 0.717) is 0 Å². The molecule has 3 rings (SSSR count). The number of halogens is 1. The first-order valence-corrected chi connectivity index (χ1v) is 8.24. The average Bonchev–Trinajstić information content (AvgIpc) is 2.85. The molecule has 2 aliphatic rings. The van der Waals surface area contributed by atoms with E-state index in [-0.39, 0.29) is 5.41 Å². The van der Waals surface area contributed by atoms with Crippen molar-refractivity contribution in [1.29, 1.82) is 0 Å². The first-order chi connectivity index (χ1) is 9.23. The van der Waals surface area contributed by atoms with Crippen molar-refractivity contribution in [3.8, 4) is 0 Å². The van der Waals surface area contributed by atoms with Gasteiger partial charge in [-0.2, -0.15) is 0 Å². The third kappa shape index (κ3) is 2.61. The monoisotopic (exact) mass is 322 g/mol. The highest BCUT2D eigenvalue weighted by molar-refractivity contribution is 9.10. The Bertz CT molecular complexity index is 443. The van der Waals surface area contributed by atoms with Crippen LogP contribution in [0.5, 0.6) is 0 Å². The summed E-state index contributed by atoms with van der Waals surface area (Å²) in [5.74, 6) is 0. The number of likely N-dealkylation sites (tertiary alicyclic amines) is 1. The van der Waals surface area contributed by atoms with Crippen LogP contribution in [-0.4, -0.2) is 24.5 Å². The second kappa shape index (κ2) is 5.55. The number of hydrogen-bond donors (Lipinski definition) is 1. The molecule has 1 aliphatic carbocycles. The van der Waals surface area contributed by atoms with E-state index in [1.54, 1.807) is 0 Å². The smallest absolute Gasteiger partial charge is 0.0244 e. The van der Waals surface area contributed by atoms with Crippen LogP contribution < -0.4 is 5.73 Å². The maximum atomic E-state index is 6.00. The molecule has 0 atom stereocenters. The zero-order valence-electron chi connectivity index (χ0n) is 11.5. The molecule has 1 heterocycles. The van der Waals surface area contributed by atoms with Crippen LogP contribution in [0.3, 0.4) is 0 Å². The average molecular weight is 323 g/mol. The lowest BCUT2D eigenvalue weighted by molar-refractivity contribution is 0.253. The molecule has 1 aromatic rings. The Morgan fingerprint density at radius 3 is 2.42 bits per heavy atom. The van der Waals surface area contributed by atoms with Crippen molar-refractivity contribution < 1.29 is 0 Å². The number of benzene rings is 1. The van der Waals surface area contributed by atoms with Crippen LogP contribution in [0.25, 0.3) is 0 Å². The predicted molar refractivity (Wildman–Crippen MR) is 83.2 cm³/mol. The molecule has 0 aromatic heterocycles. The van der Waals surface area contributed by atoms with Crippen molar-refractivity contribution in [1.82, 2.24) is 4.90 Å². The Kier molecular flexibility index (Phi) is 3.97. The Balaban J connectivity index is 1.77. The van der Waals surface area contributed by atoms with Crippen molar-refractivity contribution in [2.24, 2.45) is 5.73 Å². The fourth-order valence-electron chi connectivity index (χ4n) is 3.40. The van der Waals surface area contributed by atoms with Crippen LogP contribution in [-0.2, 0) is 12.0 Å². The zero-order chi connectivity index (χ0) is 13.3. The van der Waals surface area contributed by atoms with Gasteiger partial charge in [0.05, 0.1) is 0 Å². The molecule has 2 N–H and O–H groups in total. The van der Waals surface area contributed by atoms with E-state index in [1.807, 2.05) is 0 Å². The van der Waals surface area contributed by atoms with E-state index in [2.05, 4.69) is 39.0 Å². The lowest BCUT2D eigenvalue weighted by atomic mass is 9.64. The second-order valence-corrected chi connectivity index (χ2v) is 6.98. The quantitative estimate of drug-likeness (QED) is 0.920. The van der Waals surface area contributed by atoms with Gasteiger partial charge < -0.3 is 5.73 Å². The van der Waals surface area contributed by atoms with E-state index < -0.39 is 0 Å². The molecule has 1 aliphatic heterocycles. The largest absolute Gasteiger partial charge is 0.330 e. The highest BCUT2D eigenvalue weighted by Crippen LogP contribution is 2.43. The highest BCUT2D eigenvalue weighted by atomic mass is 79.9. The van der Waals surface area contributed by atoms with Gasteiger partial charge in [0.1, 0.15) is 0 Å². The van der Waals surface area contributed by atoms with Gasteiger partial charge in [-0.3, -0.25) is 4.90 Å². The summed E-state index contributed by atoms with van der Waals surface area (Å²) in [7, 11) is 0. The first kappa shape index (κ1) is 13.6. The molecule has 0 unspecified atom stereocenters. The van der Waals surface area contributed by atoms with Gasteiger partial charge in [-0.1, -0.05) is 34.5 Å². The summed E-state index contributed by atoms with van der Waals surface area (Å²) in [6.45, 7) is 4.36. The minimum atomic E-state index is 0.273. The molecule has 19 heavy (non-hydrogen) atoms. The van der Waals surface area contributed by atoms with Crippen LogP contribution in [0.2, 0.25) is 0 Å². The maximum absolute atomic E-state index is 6.00. The Hall–Kier alpha value is -0.380. The van der Waals surface area contributed by atoms with Gasteiger partial charge in [-0.25, -0.2) is 0 Å². The number of nitrogens with zero attached hydrogens (tertiary/aromatic N) is 1. The molecule has 104 valence electrons. The van der Waals surface area contributed by atoms with Crippen molar-refractivity contribution in [2.75, 3.05) is 19.6 Å². The van der Waals surface area contributed by atoms with Crippen LogP contribution >= 0.6 is 15.9 Å². The van der Waals surface area contributed by atoms with Gasteiger partial charge >= 0.3 is 0 Å². The Labute approximate surface area is 124 Å². The minimum absolute atomic E-state index is 0.273. The van der Waals surface area contributed by atoms with Crippen molar-refractivity contribution in [2.45, 2.75) is 44.1 Å². The molecule has 2 nitrogen and oxygen atoms in total. The Morgan fingerprint density at radius 2 is 1.89 bits per heavy atom. The summed E-state index contributed by atoms with van der Waals surface area (Å²) in [6, 6.07) is 6.92. The lowest BCUT2D eigenvalue weighted by Gasteiger charge is -2.41. The SMILES string of the molecule is NCC1(c2ccc(CN3CCCC3)c(Br)c2)CCC1. The molecule has 3 heteroatoms. The zero-order valence-corrected chi connectivity index (χ0v) is 13.1. The van der Waals surface area contributed by atoms with Crippen LogP contribution in [0.4, 0.5) is 0 Å². The molecule has 0 bridgehead atoms. The molecule has 0 amide bonds. The summed E-state index contributed by atoms with van der Waals surface area (Å²) in [6.07, 6.45) is 6.53. The number of hydrogen-bond acceptors (Lipinski definition) is 2. The van der Waals surface area contributed by atoms with Gasteiger partial charge in [0.15, 0.2) is 0 Å². The van der Waals surface area contributed by atoms with Crippen LogP contribution in [0.1, 0.15) is 43.2 Å². The number of rotatable bonds is 4. The van der Waals surface area contributed by atoms with Crippen molar-refractivity contribution in [3.63, 3.8) is 0 Å². The van der Waals surface area contributed by atoms with Crippen molar-refractivity contribution >= 4 is 15.9 Å². The third-order valence-corrected chi connectivity index (χ3v) is 5.70. The summed E-state index contributed by atoms with van der Waals surface area (Å²) in [5, 5.41) is 0. The van der Waals surface area contributed by atoms with E-state index in [1.165, 1.54) is 60.8 Å². The van der Waals surface area contributed by atoms with Gasteiger partial charge in [0.25, 0.3) is 0 Å². The van der Waals surface area contributed by atoms with Gasteiger partial charge in [-0.05, 0) is 56.0 Å². The highest BCUT2D eigenvalue weighted by Gasteiger charge is 2.37. The van der Waals surface area contributed by atoms with E-state index in [0.717, 1.165) is 13.1 Å². The Morgan fingerprint density at radius 1 is 1.16 bits per heavy atom. The summed E-state index contributed by atoms with van der Waals surface area (Å²) in [5.41, 5.74) is 9.11. The minimum Gasteiger partial charge on any atom is -0.330 e. The van der Waals surface area contributed by atoms with E-state index in [4.69, 9.17) is 5.73 Å². The van der Waals surface area contributed by atoms with Gasteiger partial charge in [-0.15, -0.1) is 0 Å². The molecule has 1 saturated heterocycles. The van der Waals surface area contributed by atoms with E-state index in [9.17, 15) is 0 Å². The fourth-order valence-corrected chi connectivity index (χ4v) is 3.91. The predicted octanol–water partition coefficient (Wildman–Crippen LogP) is 3.43. The summed E-state index contributed by atoms with van der Waals surface area (Å²) in [4.78, 5) is 2.54. The molecule has 0 spiro atoms. The lowest BCUT2D eigenvalue weighted by Crippen LogP contribution is -2.41. The topological polar surface area (TPSA) is 29.3 Å². The second-order valence-electron chi connectivity index (χ2n) is 6.13. The van der Waals surface area contributed by atoms with Crippen LogP contribution in [0.15, 0.2) is 22.7 Å². The molecule has 2 fully saturated rings.